The molecule has 2 aromatic rings. The van der Waals surface area contributed by atoms with Crippen LogP contribution in [0.15, 0.2) is 29.6 Å². The van der Waals surface area contributed by atoms with E-state index in [4.69, 9.17) is 5.73 Å². The van der Waals surface area contributed by atoms with Crippen molar-refractivity contribution in [1.29, 1.82) is 0 Å². The second-order valence-electron chi connectivity index (χ2n) is 2.54. The number of carbonyl (C=O) groups excluding carboxylic acids is 1. The van der Waals surface area contributed by atoms with E-state index in [0.717, 1.165) is 10.1 Å². The van der Waals surface area contributed by atoms with E-state index in [2.05, 4.69) is 0 Å². The fourth-order valence-electron chi connectivity index (χ4n) is 1.11. The molecule has 0 spiro atoms. The molecule has 0 radical (unpaired) electrons. The van der Waals surface area contributed by atoms with E-state index in [0.29, 0.717) is 5.56 Å². The fraction of sp³-hybridized carbons (Fsp3) is 0. The Bertz CT molecular complexity index is 433. The molecule has 2 nitrogen and oxygen atoms in total. The first-order chi connectivity index (χ1) is 5.77. The molecule has 0 saturated carbocycles. The van der Waals surface area contributed by atoms with Crippen LogP contribution in [0.5, 0.6) is 0 Å². The summed E-state index contributed by atoms with van der Waals surface area (Å²) in [6, 6.07) is 7.50. The Morgan fingerprint density at radius 1 is 1.33 bits per heavy atom. The van der Waals surface area contributed by atoms with Crippen molar-refractivity contribution in [2.75, 3.05) is 0 Å². The summed E-state index contributed by atoms with van der Waals surface area (Å²) in [7, 11) is 0. The smallest absolute Gasteiger partial charge is 0.248 e. The lowest BCUT2D eigenvalue weighted by atomic mass is 10.2. The molecule has 1 amide bonds. The summed E-state index contributed by atoms with van der Waals surface area (Å²) in [6.07, 6.45) is 0. The minimum atomic E-state index is -0.370. The highest BCUT2D eigenvalue weighted by Crippen LogP contribution is 2.21. The fourth-order valence-corrected chi connectivity index (χ4v) is 1.94. The van der Waals surface area contributed by atoms with Gasteiger partial charge in [-0.05, 0) is 29.0 Å². The van der Waals surface area contributed by atoms with E-state index < -0.39 is 0 Å². The highest BCUT2D eigenvalue weighted by molar-refractivity contribution is 7.17. The highest BCUT2D eigenvalue weighted by Gasteiger charge is 2.01. The summed E-state index contributed by atoms with van der Waals surface area (Å²) in [5.74, 6) is -0.370. The number of benzene rings is 1. The van der Waals surface area contributed by atoms with E-state index in [1.807, 2.05) is 23.6 Å². The van der Waals surface area contributed by atoms with Gasteiger partial charge in [0.15, 0.2) is 0 Å². The maximum atomic E-state index is 10.8. The number of primary amides is 1. The Morgan fingerprint density at radius 2 is 2.17 bits per heavy atom. The zero-order valence-corrected chi connectivity index (χ0v) is 7.10. The average molecular weight is 177 g/mol. The van der Waals surface area contributed by atoms with Crippen molar-refractivity contribution in [1.82, 2.24) is 0 Å². The molecule has 0 aliphatic carbocycles. The zero-order valence-electron chi connectivity index (χ0n) is 6.28. The third-order valence-corrected chi connectivity index (χ3v) is 2.62. The molecular formula is C9H7NOS. The number of hydrogen-bond acceptors (Lipinski definition) is 2. The molecule has 1 aromatic carbocycles. The third-order valence-electron chi connectivity index (χ3n) is 1.74. The van der Waals surface area contributed by atoms with Crippen LogP contribution in [0.4, 0.5) is 0 Å². The van der Waals surface area contributed by atoms with Crippen LogP contribution in [-0.4, -0.2) is 5.91 Å². The summed E-state index contributed by atoms with van der Waals surface area (Å²) in [5.41, 5.74) is 5.71. The summed E-state index contributed by atoms with van der Waals surface area (Å²) in [6.45, 7) is 0. The second-order valence-corrected chi connectivity index (χ2v) is 3.49. The van der Waals surface area contributed by atoms with Gasteiger partial charge >= 0.3 is 0 Å². The molecule has 0 aliphatic rings. The van der Waals surface area contributed by atoms with Crippen molar-refractivity contribution < 1.29 is 4.79 Å². The number of rotatable bonds is 1. The predicted octanol–water partition coefficient (Wildman–Crippen LogP) is 2.00. The Balaban J connectivity index is 2.68. The lowest BCUT2D eigenvalue weighted by Crippen LogP contribution is -2.10. The third kappa shape index (κ3) is 1.08. The maximum absolute atomic E-state index is 10.8. The molecule has 1 heterocycles. The lowest BCUT2D eigenvalue weighted by molar-refractivity contribution is 0.100. The molecule has 60 valence electrons. The largest absolute Gasteiger partial charge is 0.366 e. The summed E-state index contributed by atoms with van der Waals surface area (Å²) in [5, 5.41) is 3.15. The highest BCUT2D eigenvalue weighted by atomic mass is 32.1. The van der Waals surface area contributed by atoms with Crippen LogP contribution in [-0.2, 0) is 0 Å². The van der Waals surface area contributed by atoms with Gasteiger partial charge in [-0.15, -0.1) is 11.3 Å². The summed E-state index contributed by atoms with van der Waals surface area (Å²) >= 11 is 1.61. The normalized spacial score (nSPS) is 10.3. The van der Waals surface area contributed by atoms with Crippen molar-refractivity contribution in [3.05, 3.63) is 35.2 Å². The van der Waals surface area contributed by atoms with E-state index in [1.165, 1.54) is 0 Å². The van der Waals surface area contributed by atoms with Gasteiger partial charge in [-0.25, -0.2) is 0 Å². The second kappa shape index (κ2) is 2.60. The molecule has 0 unspecified atom stereocenters. The quantitative estimate of drug-likeness (QED) is 0.711. The number of thiophene rings is 1. The van der Waals surface area contributed by atoms with E-state index in [-0.39, 0.29) is 5.91 Å². The first kappa shape index (κ1) is 7.31. The molecule has 0 fully saturated rings. The van der Waals surface area contributed by atoms with Crippen molar-refractivity contribution in [3.8, 4) is 0 Å². The van der Waals surface area contributed by atoms with Crippen LogP contribution in [0.25, 0.3) is 10.1 Å². The molecule has 2 rings (SSSR count). The SMILES string of the molecule is NC(=O)c1ccc2ccsc2c1. The minimum absolute atomic E-state index is 0.370. The van der Waals surface area contributed by atoms with Gasteiger partial charge in [0.25, 0.3) is 0 Å². The van der Waals surface area contributed by atoms with Crippen molar-refractivity contribution in [2.45, 2.75) is 0 Å². The first-order valence-corrected chi connectivity index (χ1v) is 4.42. The number of amides is 1. The zero-order chi connectivity index (χ0) is 8.55. The Kier molecular flexibility index (Phi) is 1.59. The number of fused-ring (bicyclic) bond motifs is 1. The summed E-state index contributed by atoms with van der Waals surface area (Å²) < 4.78 is 1.10. The van der Waals surface area contributed by atoms with Gasteiger partial charge in [0.05, 0.1) is 0 Å². The van der Waals surface area contributed by atoms with E-state index >= 15 is 0 Å². The van der Waals surface area contributed by atoms with Crippen LogP contribution < -0.4 is 5.73 Å². The Morgan fingerprint density at radius 3 is 2.92 bits per heavy atom. The van der Waals surface area contributed by atoms with Crippen LogP contribution in [0, 0.1) is 0 Å². The predicted molar refractivity (Wildman–Crippen MR) is 50.3 cm³/mol. The minimum Gasteiger partial charge on any atom is -0.366 e. The van der Waals surface area contributed by atoms with Crippen molar-refractivity contribution in [2.24, 2.45) is 5.73 Å². The topological polar surface area (TPSA) is 43.1 Å². The molecular weight excluding hydrogens is 170 g/mol. The van der Waals surface area contributed by atoms with Gasteiger partial charge in [0.2, 0.25) is 5.91 Å². The van der Waals surface area contributed by atoms with E-state index in [9.17, 15) is 4.79 Å². The molecule has 2 N–H and O–H groups in total. The number of carbonyl (C=O) groups is 1. The monoisotopic (exact) mass is 177 g/mol. The molecule has 0 aliphatic heterocycles. The molecule has 0 atom stereocenters. The van der Waals surface area contributed by atoms with Crippen LogP contribution in [0.1, 0.15) is 10.4 Å². The standard InChI is InChI=1S/C9H7NOS/c10-9(11)7-2-1-6-3-4-12-8(6)5-7/h1-5H,(H2,10,11). The molecule has 0 bridgehead atoms. The van der Waals surface area contributed by atoms with Crippen molar-refractivity contribution in [3.63, 3.8) is 0 Å². The van der Waals surface area contributed by atoms with Gasteiger partial charge in [0.1, 0.15) is 0 Å². The van der Waals surface area contributed by atoms with Crippen LogP contribution in [0.3, 0.4) is 0 Å². The molecule has 12 heavy (non-hydrogen) atoms. The van der Waals surface area contributed by atoms with Crippen molar-refractivity contribution >= 4 is 27.3 Å². The van der Waals surface area contributed by atoms with Gasteiger partial charge in [-0.2, -0.15) is 0 Å². The average Bonchev–Trinajstić information content (AvgIpc) is 2.49. The number of hydrogen-bond donors (Lipinski definition) is 1. The number of nitrogens with two attached hydrogens (primary N) is 1. The summed E-state index contributed by atoms with van der Waals surface area (Å²) in [4.78, 5) is 10.8. The maximum Gasteiger partial charge on any atom is 0.248 e. The molecule has 3 heteroatoms. The molecule has 0 saturated heterocycles. The van der Waals surface area contributed by atoms with Gasteiger partial charge < -0.3 is 5.73 Å². The van der Waals surface area contributed by atoms with E-state index in [1.54, 1.807) is 17.4 Å². The van der Waals surface area contributed by atoms with Gasteiger partial charge in [-0.1, -0.05) is 6.07 Å². The van der Waals surface area contributed by atoms with Gasteiger partial charge in [0, 0.05) is 10.3 Å². The van der Waals surface area contributed by atoms with Crippen LogP contribution in [0.2, 0.25) is 0 Å². The van der Waals surface area contributed by atoms with Gasteiger partial charge in [-0.3, -0.25) is 4.79 Å². The van der Waals surface area contributed by atoms with Crippen LogP contribution >= 0.6 is 11.3 Å². The Labute approximate surface area is 73.6 Å². The molecule has 1 aromatic heterocycles. The first-order valence-electron chi connectivity index (χ1n) is 3.54. The lowest BCUT2D eigenvalue weighted by Gasteiger charge is -1.93. The Hall–Kier alpha value is -1.35.